The Morgan fingerprint density at radius 2 is 1.81 bits per heavy atom. The van der Waals surface area contributed by atoms with Crippen molar-refractivity contribution in [2.24, 2.45) is 5.73 Å². The number of carbonyl (C=O) groups is 1. The first kappa shape index (κ1) is 18.0. The van der Waals surface area contributed by atoms with E-state index in [-0.39, 0.29) is 12.5 Å². The number of benzene rings is 2. The number of hydrogen-bond acceptors (Lipinski definition) is 2. The highest BCUT2D eigenvalue weighted by molar-refractivity contribution is 5.86. The van der Waals surface area contributed by atoms with Gasteiger partial charge in [-0.15, -0.1) is 0 Å². The van der Waals surface area contributed by atoms with Crippen LogP contribution in [0.3, 0.4) is 0 Å². The minimum absolute atomic E-state index is 0.124. The fourth-order valence-corrected chi connectivity index (χ4v) is 2.76. The van der Waals surface area contributed by atoms with Crippen LogP contribution in [0.15, 0.2) is 54.7 Å². The molecule has 0 fully saturated rings. The first-order valence-electron chi connectivity index (χ1n) is 8.09. The number of amides is 1. The smallest absolute Gasteiger partial charge is 0.361 e. The van der Waals surface area contributed by atoms with Crippen molar-refractivity contribution >= 4 is 16.8 Å². The van der Waals surface area contributed by atoms with Crippen molar-refractivity contribution in [1.29, 1.82) is 0 Å². The molecule has 7 heteroatoms. The Labute approximate surface area is 148 Å². The normalized spacial score (nSPS) is 12.9. The summed E-state index contributed by atoms with van der Waals surface area (Å²) in [5.41, 5.74) is 7.74. The van der Waals surface area contributed by atoms with Crippen LogP contribution in [0.25, 0.3) is 10.9 Å². The predicted molar refractivity (Wildman–Crippen MR) is 93.3 cm³/mol. The van der Waals surface area contributed by atoms with Gasteiger partial charge in [-0.05, 0) is 35.7 Å². The topological polar surface area (TPSA) is 70.9 Å². The van der Waals surface area contributed by atoms with Crippen LogP contribution in [0.1, 0.15) is 16.7 Å². The molecule has 4 nitrogen and oxygen atoms in total. The number of nitrogens with two attached hydrogens (primary N) is 1. The molecule has 3 rings (SSSR count). The van der Waals surface area contributed by atoms with Crippen LogP contribution >= 0.6 is 0 Å². The first-order valence-corrected chi connectivity index (χ1v) is 8.09. The van der Waals surface area contributed by atoms with E-state index in [0.29, 0.717) is 12.0 Å². The van der Waals surface area contributed by atoms with Crippen LogP contribution in [-0.4, -0.2) is 16.9 Å². The molecule has 0 radical (unpaired) electrons. The van der Waals surface area contributed by atoms with Crippen LogP contribution in [0.4, 0.5) is 13.2 Å². The maximum absolute atomic E-state index is 12.5. The Hall–Kier alpha value is -2.80. The second kappa shape index (κ2) is 7.21. The Kier molecular flexibility index (Phi) is 4.99. The Morgan fingerprint density at radius 1 is 1.12 bits per heavy atom. The molecule has 3 aromatic rings. The lowest BCUT2D eigenvalue weighted by atomic mass is 10.0. The van der Waals surface area contributed by atoms with E-state index in [4.69, 9.17) is 5.73 Å². The van der Waals surface area contributed by atoms with Gasteiger partial charge in [0.2, 0.25) is 5.91 Å². The number of hydrogen-bond donors (Lipinski definition) is 3. The Bertz CT molecular complexity index is 900. The van der Waals surface area contributed by atoms with Crippen molar-refractivity contribution < 1.29 is 18.0 Å². The Morgan fingerprint density at radius 3 is 2.50 bits per heavy atom. The van der Waals surface area contributed by atoms with Crippen LogP contribution in [-0.2, 0) is 23.9 Å². The van der Waals surface area contributed by atoms with Gasteiger partial charge in [0, 0.05) is 23.6 Å². The number of fused-ring (bicyclic) bond motifs is 1. The van der Waals surface area contributed by atoms with Crippen molar-refractivity contribution in [2.45, 2.75) is 25.2 Å². The zero-order valence-corrected chi connectivity index (χ0v) is 13.8. The molecule has 0 spiro atoms. The summed E-state index contributed by atoms with van der Waals surface area (Å²) < 4.78 is 37.6. The molecule has 136 valence electrons. The van der Waals surface area contributed by atoms with Crippen LogP contribution < -0.4 is 11.1 Å². The number of H-pyrrole nitrogens is 1. The minimum atomic E-state index is -4.37. The van der Waals surface area contributed by atoms with E-state index in [9.17, 15) is 18.0 Å². The molecule has 0 unspecified atom stereocenters. The molecule has 26 heavy (non-hydrogen) atoms. The fraction of sp³-hybridized carbons (Fsp3) is 0.211. The van der Waals surface area contributed by atoms with Crippen LogP contribution in [0, 0.1) is 0 Å². The molecule has 1 heterocycles. The van der Waals surface area contributed by atoms with Crippen molar-refractivity contribution in [3.63, 3.8) is 0 Å². The van der Waals surface area contributed by atoms with E-state index in [0.717, 1.165) is 28.6 Å². The summed E-state index contributed by atoms with van der Waals surface area (Å²) >= 11 is 0. The number of para-hydroxylation sites is 1. The molecule has 0 aliphatic heterocycles. The molecule has 2 aromatic carbocycles. The summed E-state index contributed by atoms with van der Waals surface area (Å²) in [6.07, 6.45) is -2.18. The summed E-state index contributed by atoms with van der Waals surface area (Å²) in [6.45, 7) is 0.124. The highest BCUT2D eigenvalue weighted by Gasteiger charge is 2.29. The first-order chi connectivity index (χ1) is 12.3. The van der Waals surface area contributed by atoms with E-state index in [1.807, 2.05) is 30.5 Å². The highest BCUT2D eigenvalue weighted by Crippen LogP contribution is 2.29. The monoisotopic (exact) mass is 361 g/mol. The van der Waals surface area contributed by atoms with Crippen molar-refractivity contribution in [2.75, 3.05) is 0 Å². The van der Waals surface area contributed by atoms with Crippen molar-refractivity contribution in [1.82, 2.24) is 10.3 Å². The van der Waals surface area contributed by atoms with Gasteiger partial charge in [-0.25, -0.2) is 0 Å². The quantitative estimate of drug-likeness (QED) is 0.652. The average molecular weight is 361 g/mol. The average Bonchev–Trinajstić information content (AvgIpc) is 3.02. The standard InChI is InChI=1S/C19H18F3N3O/c20-19(21,22)14-7-5-12(6-8-14)10-25-18(26)16(23)9-13-11-24-17-4-2-1-3-15(13)17/h1-8,11,16,24H,9-10,23H2,(H,25,26)/t16-/m1/s1. The van der Waals surface area contributed by atoms with E-state index in [1.54, 1.807) is 0 Å². The Balaban J connectivity index is 1.57. The number of rotatable bonds is 5. The van der Waals surface area contributed by atoms with Crippen LogP contribution in [0.5, 0.6) is 0 Å². The molecule has 0 saturated carbocycles. The van der Waals surface area contributed by atoms with Crippen molar-refractivity contribution in [3.8, 4) is 0 Å². The summed E-state index contributed by atoms with van der Waals surface area (Å²) in [7, 11) is 0. The number of nitrogens with one attached hydrogen (secondary N) is 2. The van der Waals surface area contributed by atoms with E-state index in [1.165, 1.54) is 12.1 Å². The SMILES string of the molecule is N[C@H](Cc1c[nH]c2ccccc12)C(=O)NCc1ccc(C(F)(F)F)cc1. The largest absolute Gasteiger partial charge is 0.416 e. The van der Waals surface area contributed by atoms with Gasteiger partial charge in [0.05, 0.1) is 11.6 Å². The molecule has 0 aliphatic carbocycles. The lowest BCUT2D eigenvalue weighted by Crippen LogP contribution is -2.41. The summed E-state index contributed by atoms with van der Waals surface area (Å²) in [5.74, 6) is -0.352. The number of aromatic amines is 1. The molecule has 1 atom stereocenters. The lowest BCUT2D eigenvalue weighted by molar-refractivity contribution is -0.137. The molecular formula is C19H18F3N3O. The second-order valence-corrected chi connectivity index (χ2v) is 6.08. The van der Waals surface area contributed by atoms with Gasteiger partial charge in [0.15, 0.2) is 0 Å². The van der Waals surface area contributed by atoms with E-state index in [2.05, 4.69) is 10.3 Å². The minimum Gasteiger partial charge on any atom is -0.361 e. The zero-order chi connectivity index (χ0) is 18.7. The predicted octanol–water partition coefficient (Wildman–Crippen LogP) is 3.37. The van der Waals surface area contributed by atoms with Gasteiger partial charge in [-0.1, -0.05) is 30.3 Å². The maximum atomic E-state index is 12.5. The van der Waals surface area contributed by atoms with E-state index >= 15 is 0 Å². The number of carbonyl (C=O) groups excluding carboxylic acids is 1. The molecule has 0 bridgehead atoms. The number of aromatic nitrogens is 1. The van der Waals surface area contributed by atoms with Crippen LogP contribution in [0.2, 0.25) is 0 Å². The molecule has 0 aliphatic rings. The van der Waals surface area contributed by atoms with Gasteiger partial charge in [-0.2, -0.15) is 13.2 Å². The summed E-state index contributed by atoms with van der Waals surface area (Å²) in [4.78, 5) is 15.3. The number of alkyl halides is 3. The second-order valence-electron chi connectivity index (χ2n) is 6.08. The molecular weight excluding hydrogens is 343 g/mol. The van der Waals surface area contributed by atoms with Gasteiger partial charge < -0.3 is 16.0 Å². The third-order valence-corrected chi connectivity index (χ3v) is 4.20. The van der Waals surface area contributed by atoms with Crippen molar-refractivity contribution in [3.05, 3.63) is 71.4 Å². The van der Waals surface area contributed by atoms with E-state index < -0.39 is 17.8 Å². The van der Waals surface area contributed by atoms with Gasteiger partial charge in [0.1, 0.15) is 0 Å². The molecule has 0 saturated heterocycles. The summed E-state index contributed by atoms with van der Waals surface area (Å²) in [6, 6.07) is 11.6. The molecule has 1 amide bonds. The molecule has 4 N–H and O–H groups in total. The van der Waals surface area contributed by atoms with Gasteiger partial charge in [-0.3, -0.25) is 4.79 Å². The highest BCUT2D eigenvalue weighted by atomic mass is 19.4. The zero-order valence-electron chi connectivity index (χ0n) is 13.8. The van der Waals surface area contributed by atoms with Gasteiger partial charge >= 0.3 is 6.18 Å². The third kappa shape index (κ3) is 4.05. The number of halogens is 3. The lowest BCUT2D eigenvalue weighted by Gasteiger charge is -2.13. The fourth-order valence-electron chi connectivity index (χ4n) is 2.76. The van der Waals surface area contributed by atoms with Gasteiger partial charge in [0.25, 0.3) is 0 Å². The maximum Gasteiger partial charge on any atom is 0.416 e. The molecule has 1 aromatic heterocycles. The summed E-state index contributed by atoms with van der Waals surface area (Å²) in [5, 5.41) is 3.67. The third-order valence-electron chi connectivity index (χ3n) is 4.20.